The van der Waals surface area contributed by atoms with Gasteiger partial charge < -0.3 is 5.32 Å². The standard InChI is InChI=1S/C18H21N3O2S/c1-13-9-11-14(12-10-13)24(22,23)21-16-8-6-5-7-15(16)19-17(21)20-18(2,3)4/h5-12H,1-4H3,(H,19,20). The van der Waals surface area contributed by atoms with Gasteiger partial charge in [-0.1, -0.05) is 29.8 Å². The number of imidazole rings is 1. The molecule has 5 nitrogen and oxygen atoms in total. The van der Waals surface area contributed by atoms with Crippen molar-refractivity contribution in [3.63, 3.8) is 0 Å². The third-order valence-corrected chi connectivity index (χ3v) is 5.28. The van der Waals surface area contributed by atoms with E-state index in [1.54, 1.807) is 30.3 Å². The lowest BCUT2D eigenvalue weighted by Gasteiger charge is -2.22. The van der Waals surface area contributed by atoms with Crippen LogP contribution < -0.4 is 5.32 Å². The van der Waals surface area contributed by atoms with Crippen LogP contribution in [0.1, 0.15) is 26.3 Å². The topological polar surface area (TPSA) is 64.0 Å². The molecule has 2 aromatic carbocycles. The van der Waals surface area contributed by atoms with Crippen LogP contribution in [0.15, 0.2) is 53.4 Å². The molecule has 3 aromatic rings. The molecule has 0 spiro atoms. The molecule has 0 bridgehead atoms. The van der Waals surface area contributed by atoms with Crippen molar-refractivity contribution in [2.75, 3.05) is 5.32 Å². The third-order valence-electron chi connectivity index (χ3n) is 3.57. The number of rotatable bonds is 3. The van der Waals surface area contributed by atoms with E-state index in [9.17, 15) is 8.42 Å². The number of anilines is 1. The molecule has 0 unspecified atom stereocenters. The molecule has 0 aliphatic carbocycles. The lowest BCUT2D eigenvalue weighted by atomic mass is 10.1. The first-order valence-corrected chi connectivity index (χ1v) is 9.20. The average Bonchev–Trinajstić information content (AvgIpc) is 2.83. The predicted octanol–water partition coefficient (Wildman–Crippen LogP) is 3.79. The van der Waals surface area contributed by atoms with Crippen molar-refractivity contribution >= 4 is 27.0 Å². The summed E-state index contributed by atoms with van der Waals surface area (Å²) < 4.78 is 27.7. The SMILES string of the molecule is Cc1ccc(S(=O)(=O)n2c(NC(C)(C)C)nc3ccccc32)cc1. The minimum Gasteiger partial charge on any atom is -0.350 e. The zero-order valence-corrected chi connectivity index (χ0v) is 15.1. The largest absolute Gasteiger partial charge is 0.350 e. The number of para-hydroxylation sites is 2. The molecule has 0 amide bonds. The first-order valence-electron chi connectivity index (χ1n) is 7.76. The molecule has 6 heteroatoms. The molecule has 1 aromatic heterocycles. The van der Waals surface area contributed by atoms with Gasteiger partial charge in [0, 0.05) is 5.54 Å². The van der Waals surface area contributed by atoms with Gasteiger partial charge in [-0.3, -0.25) is 0 Å². The Morgan fingerprint density at radius 1 is 1.00 bits per heavy atom. The Balaban J connectivity index is 2.27. The summed E-state index contributed by atoms with van der Waals surface area (Å²) in [6.07, 6.45) is 0. The Kier molecular flexibility index (Phi) is 3.87. The summed E-state index contributed by atoms with van der Waals surface area (Å²) in [5.41, 5.74) is 1.89. The third kappa shape index (κ3) is 3.01. The second kappa shape index (κ2) is 5.63. The first kappa shape index (κ1) is 16.5. The van der Waals surface area contributed by atoms with E-state index in [1.807, 2.05) is 45.9 Å². The van der Waals surface area contributed by atoms with Crippen LogP contribution in [0.25, 0.3) is 11.0 Å². The Morgan fingerprint density at radius 2 is 1.62 bits per heavy atom. The molecule has 1 heterocycles. The minimum absolute atomic E-state index is 0.244. The van der Waals surface area contributed by atoms with Gasteiger partial charge in [0.05, 0.1) is 15.9 Å². The number of nitrogens with one attached hydrogen (secondary N) is 1. The zero-order valence-electron chi connectivity index (χ0n) is 14.2. The van der Waals surface area contributed by atoms with E-state index >= 15 is 0 Å². The van der Waals surface area contributed by atoms with Gasteiger partial charge in [0.2, 0.25) is 5.95 Å². The first-order chi connectivity index (χ1) is 11.2. The number of hydrogen-bond acceptors (Lipinski definition) is 4. The maximum atomic E-state index is 13.2. The van der Waals surface area contributed by atoms with Gasteiger partial charge >= 0.3 is 0 Å². The summed E-state index contributed by atoms with van der Waals surface area (Å²) in [4.78, 5) is 4.72. The Hall–Kier alpha value is -2.34. The maximum Gasteiger partial charge on any atom is 0.271 e. The van der Waals surface area contributed by atoms with E-state index in [0.29, 0.717) is 17.0 Å². The van der Waals surface area contributed by atoms with Crippen molar-refractivity contribution in [2.45, 2.75) is 38.1 Å². The fourth-order valence-corrected chi connectivity index (χ4v) is 3.90. The molecule has 0 saturated carbocycles. The monoisotopic (exact) mass is 343 g/mol. The van der Waals surface area contributed by atoms with Crippen molar-refractivity contribution in [1.29, 1.82) is 0 Å². The number of hydrogen-bond donors (Lipinski definition) is 1. The maximum absolute atomic E-state index is 13.2. The summed E-state index contributed by atoms with van der Waals surface area (Å²) in [6.45, 7) is 7.83. The smallest absolute Gasteiger partial charge is 0.271 e. The normalized spacial score (nSPS) is 12.5. The fraction of sp³-hybridized carbons (Fsp3) is 0.278. The number of aryl methyl sites for hydroxylation is 1. The van der Waals surface area contributed by atoms with E-state index < -0.39 is 10.0 Å². The van der Waals surface area contributed by atoms with Crippen LogP contribution in [0.3, 0.4) is 0 Å². The zero-order chi connectivity index (χ0) is 17.5. The molecular formula is C18H21N3O2S. The lowest BCUT2D eigenvalue weighted by molar-refractivity contribution is 0.586. The van der Waals surface area contributed by atoms with E-state index in [2.05, 4.69) is 10.3 Å². The molecule has 1 N–H and O–H groups in total. The quantitative estimate of drug-likeness (QED) is 0.786. The summed E-state index contributed by atoms with van der Waals surface area (Å²) >= 11 is 0. The molecular weight excluding hydrogens is 322 g/mol. The van der Waals surface area contributed by atoms with Gasteiger partial charge in [0.1, 0.15) is 0 Å². The van der Waals surface area contributed by atoms with Gasteiger partial charge in [0.25, 0.3) is 10.0 Å². The Labute approximate surface area is 142 Å². The van der Waals surface area contributed by atoms with E-state index in [1.165, 1.54) is 3.97 Å². The van der Waals surface area contributed by atoms with Crippen LogP contribution >= 0.6 is 0 Å². The second-order valence-corrected chi connectivity index (χ2v) is 8.67. The van der Waals surface area contributed by atoms with E-state index in [4.69, 9.17) is 0 Å². The van der Waals surface area contributed by atoms with Crippen molar-refractivity contribution in [3.8, 4) is 0 Å². The number of fused-ring (bicyclic) bond motifs is 1. The van der Waals surface area contributed by atoms with Crippen LogP contribution in [-0.2, 0) is 10.0 Å². The lowest BCUT2D eigenvalue weighted by Crippen LogP contribution is -2.29. The molecule has 0 atom stereocenters. The van der Waals surface area contributed by atoms with Gasteiger partial charge in [-0.05, 0) is 52.0 Å². The number of aromatic nitrogens is 2. The van der Waals surface area contributed by atoms with Crippen molar-refractivity contribution in [1.82, 2.24) is 8.96 Å². The Bertz CT molecular complexity index is 981. The molecule has 126 valence electrons. The number of nitrogens with zero attached hydrogens (tertiary/aromatic N) is 2. The van der Waals surface area contributed by atoms with Crippen LogP contribution in [0, 0.1) is 6.92 Å². The predicted molar refractivity (Wildman–Crippen MR) is 96.9 cm³/mol. The highest BCUT2D eigenvalue weighted by atomic mass is 32.2. The molecule has 0 aliphatic heterocycles. The van der Waals surface area contributed by atoms with Gasteiger partial charge in [-0.25, -0.2) is 17.4 Å². The molecule has 0 saturated heterocycles. The Morgan fingerprint density at radius 3 is 2.25 bits per heavy atom. The molecule has 24 heavy (non-hydrogen) atoms. The molecule has 0 fully saturated rings. The van der Waals surface area contributed by atoms with Crippen LogP contribution in [0.5, 0.6) is 0 Å². The minimum atomic E-state index is -3.75. The summed E-state index contributed by atoms with van der Waals surface area (Å²) in [5.74, 6) is 0.323. The fourth-order valence-electron chi connectivity index (χ4n) is 2.48. The molecule has 3 rings (SSSR count). The second-order valence-electron chi connectivity index (χ2n) is 6.88. The van der Waals surface area contributed by atoms with E-state index in [-0.39, 0.29) is 10.4 Å². The summed E-state index contributed by atoms with van der Waals surface area (Å²) in [6, 6.07) is 14.1. The van der Waals surface area contributed by atoms with Gasteiger partial charge in [-0.2, -0.15) is 0 Å². The van der Waals surface area contributed by atoms with Crippen molar-refractivity contribution in [2.24, 2.45) is 0 Å². The van der Waals surface area contributed by atoms with E-state index in [0.717, 1.165) is 5.56 Å². The molecule has 0 aliphatic rings. The highest BCUT2D eigenvalue weighted by Gasteiger charge is 2.26. The average molecular weight is 343 g/mol. The number of benzene rings is 2. The highest BCUT2D eigenvalue weighted by molar-refractivity contribution is 7.90. The van der Waals surface area contributed by atoms with Crippen molar-refractivity contribution < 1.29 is 8.42 Å². The van der Waals surface area contributed by atoms with Crippen molar-refractivity contribution in [3.05, 3.63) is 54.1 Å². The van der Waals surface area contributed by atoms with Crippen LogP contribution in [0.2, 0.25) is 0 Å². The molecule has 0 radical (unpaired) electrons. The highest BCUT2D eigenvalue weighted by Crippen LogP contribution is 2.27. The van der Waals surface area contributed by atoms with Gasteiger partial charge in [0.15, 0.2) is 0 Å². The summed E-state index contributed by atoms with van der Waals surface area (Å²) in [5, 5.41) is 3.20. The van der Waals surface area contributed by atoms with Crippen LogP contribution in [0.4, 0.5) is 5.95 Å². The van der Waals surface area contributed by atoms with Gasteiger partial charge in [-0.15, -0.1) is 0 Å². The van der Waals surface area contributed by atoms with Crippen LogP contribution in [-0.4, -0.2) is 22.9 Å². The summed E-state index contributed by atoms with van der Waals surface area (Å²) in [7, 11) is -3.75.